The number of nitrogens with zero attached hydrogens (tertiary/aromatic N) is 3. The minimum atomic E-state index is -0.0969. The lowest BCUT2D eigenvalue weighted by molar-refractivity contribution is -0.117. The average molecular weight is 411 g/mol. The quantitative estimate of drug-likeness (QED) is 0.789. The molecule has 146 valence electrons. The molecule has 2 aromatic rings. The molecule has 1 aromatic heterocycles. The fourth-order valence-electron chi connectivity index (χ4n) is 3.04. The van der Waals surface area contributed by atoms with Gasteiger partial charge >= 0.3 is 0 Å². The van der Waals surface area contributed by atoms with Crippen LogP contribution in [0.4, 0.5) is 10.8 Å². The molecule has 0 saturated carbocycles. The molecule has 1 fully saturated rings. The molecule has 1 amide bonds. The van der Waals surface area contributed by atoms with E-state index in [1.54, 1.807) is 23.5 Å². The van der Waals surface area contributed by atoms with Crippen molar-refractivity contribution in [3.63, 3.8) is 0 Å². The van der Waals surface area contributed by atoms with E-state index in [1.165, 1.54) is 14.2 Å². The van der Waals surface area contributed by atoms with Crippen LogP contribution in [-0.2, 0) is 4.79 Å². The molecule has 0 bridgehead atoms. The van der Waals surface area contributed by atoms with Crippen molar-refractivity contribution in [1.29, 1.82) is 0 Å². The Hall–Kier alpha value is -2.03. The smallest absolute Gasteiger partial charge is 0.238 e. The second-order valence-corrected chi connectivity index (χ2v) is 7.45. The van der Waals surface area contributed by atoms with Gasteiger partial charge in [-0.3, -0.25) is 9.69 Å². The zero-order valence-corrected chi connectivity index (χ0v) is 17.0. The molecule has 7 nitrogen and oxygen atoms in total. The lowest BCUT2D eigenvalue weighted by Gasteiger charge is -2.21. The van der Waals surface area contributed by atoms with Crippen molar-refractivity contribution in [1.82, 2.24) is 9.88 Å². The maximum absolute atomic E-state index is 12.5. The molecule has 0 atom stereocenters. The third-order valence-electron chi connectivity index (χ3n) is 4.39. The van der Waals surface area contributed by atoms with Gasteiger partial charge in [0.2, 0.25) is 5.91 Å². The maximum atomic E-state index is 12.5. The summed E-state index contributed by atoms with van der Waals surface area (Å²) in [6.07, 6.45) is 2.81. The second kappa shape index (κ2) is 9.25. The van der Waals surface area contributed by atoms with E-state index >= 15 is 0 Å². The Balaban J connectivity index is 1.59. The Labute approximate surface area is 167 Å². The van der Waals surface area contributed by atoms with Crippen LogP contribution >= 0.6 is 22.9 Å². The molecule has 3 rings (SSSR count). The summed E-state index contributed by atoms with van der Waals surface area (Å²) in [5.41, 5.74) is 0.544. The third-order valence-corrected chi connectivity index (χ3v) is 5.52. The van der Waals surface area contributed by atoms with Crippen LogP contribution in [0.2, 0.25) is 5.02 Å². The molecule has 27 heavy (non-hydrogen) atoms. The summed E-state index contributed by atoms with van der Waals surface area (Å²) in [6.45, 7) is 3.82. The number of thiazole rings is 1. The van der Waals surface area contributed by atoms with Gasteiger partial charge < -0.3 is 19.7 Å². The van der Waals surface area contributed by atoms with Crippen molar-refractivity contribution in [3.8, 4) is 11.5 Å². The number of amides is 1. The largest absolute Gasteiger partial charge is 0.495 e. The van der Waals surface area contributed by atoms with Gasteiger partial charge in [-0.15, -0.1) is 11.3 Å². The van der Waals surface area contributed by atoms with Crippen LogP contribution in [0.25, 0.3) is 0 Å². The van der Waals surface area contributed by atoms with Crippen LogP contribution < -0.4 is 19.7 Å². The Morgan fingerprint density at radius 2 is 2.04 bits per heavy atom. The fourth-order valence-corrected chi connectivity index (χ4v) is 3.97. The number of hydrogen-bond acceptors (Lipinski definition) is 7. The molecule has 1 aromatic carbocycles. The number of aromatic nitrogens is 1. The van der Waals surface area contributed by atoms with Crippen molar-refractivity contribution in [2.24, 2.45) is 0 Å². The number of halogens is 1. The zero-order valence-electron chi connectivity index (χ0n) is 15.4. The summed E-state index contributed by atoms with van der Waals surface area (Å²) in [4.78, 5) is 21.4. The van der Waals surface area contributed by atoms with E-state index in [2.05, 4.69) is 20.1 Å². The molecule has 0 aliphatic carbocycles. The molecule has 1 saturated heterocycles. The van der Waals surface area contributed by atoms with Gasteiger partial charge in [-0.2, -0.15) is 0 Å². The molecular weight excluding hydrogens is 388 g/mol. The molecule has 2 heterocycles. The van der Waals surface area contributed by atoms with Crippen molar-refractivity contribution in [3.05, 3.63) is 28.7 Å². The van der Waals surface area contributed by atoms with E-state index < -0.39 is 0 Å². The molecule has 0 unspecified atom stereocenters. The second-order valence-electron chi connectivity index (χ2n) is 6.17. The molecule has 0 radical (unpaired) electrons. The predicted molar refractivity (Wildman–Crippen MR) is 109 cm³/mol. The van der Waals surface area contributed by atoms with Crippen molar-refractivity contribution in [2.45, 2.75) is 6.42 Å². The highest BCUT2D eigenvalue weighted by molar-refractivity contribution is 7.13. The summed E-state index contributed by atoms with van der Waals surface area (Å²) >= 11 is 7.76. The standard InChI is InChI=1S/C18H23ClN4O3S/c1-25-15-11-14(16(26-2)10-13(15)19)21-17(24)12-22-5-3-6-23(8-7-22)18-20-4-9-27-18/h4,9-11H,3,5-8,12H2,1-2H3,(H,21,24). The first kappa shape index (κ1) is 19.7. The normalized spacial score (nSPS) is 15.3. The van der Waals surface area contributed by atoms with E-state index in [0.29, 0.717) is 28.8 Å². The molecule has 1 aliphatic heterocycles. The Kier molecular flexibility index (Phi) is 6.76. The van der Waals surface area contributed by atoms with Crippen molar-refractivity contribution < 1.29 is 14.3 Å². The fraction of sp³-hybridized carbons (Fsp3) is 0.444. The number of methoxy groups -OCH3 is 2. The van der Waals surface area contributed by atoms with Crippen LogP contribution in [-0.4, -0.2) is 62.7 Å². The number of rotatable bonds is 6. The van der Waals surface area contributed by atoms with E-state index in [-0.39, 0.29) is 5.91 Å². The van der Waals surface area contributed by atoms with Gasteiger partial charge in [0, 0.05) is 49.9 Å². The Morgan fingerprint density at radius 1 is 1.22 bits per heavy atom. The molecule has 1 aliphatic rings. The molecule has 1 N–H and O–H groups in total. The van der Waals surface area contributed by atoms with Crippen molar-refractivity contribution in [2.75, 3.05) is 57.2 Å². The first-order valence-corrected chi connectivity index (χ1v) is 9.94. The number of carbonyl (C=O) groups is 1. The Bertz CT molecular complexity index is 772. The SMILES string of the molecule is COc1cc(NC(=O)CN2CCCN(c3nccs3)CC2)c(OC)cc1Cl. The van der Waals surface area contributed by atoms with Crippen molar-refractivity contribution >= 4 is 39.7 Å². The van der Waals surface area contributed by atoms with Crippen LogP contribution in [0.15, 0.2) is 23.7 Å². The first-order chi connectivity index (χ1) is 13.1. The lowest BCUT2D eigenvalue weighted by Crippen LogP contribution is -2.36. The van der Waals surface area contributed by atoms with Crippen LogP contribution in [0.5, 0.6) is 11.5 Å². The lowest BCUT2D eigenvalue weighted by atomic mass is 10.2. The average Bonchev–Trinajstić information content (AvgIpc) is 3.10. The van der Waals surface area contributed by atoms with Crippen LogP contribution in [0.3, 0.4) is 0 Å². The molecule has 9 heteroatoms. The minimum Gasteiger partial charge on any atom is -0.495 e. The molecule has 0 spiro atoms. The predicted octanol–water partition coefficient (Wildman–Crippen LogP) is 2.96. The topological polar surface area (TPSA) is 66.9 Å². The van der Waals surface area contributed by atoms with Gasteiger partial charge in [0.25, 0.3) is 0 Å². The van der Waals surface area contributed by atoms with E-state index in [1.807, 2.05) is 11.6 Å². The van der Waals surface area contributed by atoms with Gasteiger partial charge in [-0.1, -0.05) is 11.6 Å². The van der Waals surface area contributed by atoms with Gasteiger partial charge in [0.1, 0.15) is 11.5 Å². The number of hydrogen-bond donors (Lipinski definition) is 1. The summed E-state index contributed by atoms with van der Waals surface area (Å²) in [7, 11) is 3.07. The molecular formula is C18H23ClN4O3S. The summed E-state index contributed by atoms with van der Waals surface area (Å²) in [6, 6.07) is 3.31. The highest BCUT2D eigenvalue weighted by atomic mass is 35.5. The van der Waals surface area contributed by atoms with Gasteiger partial charge in [-0.25, -0.2) is 4.98 Å². The summed E-state index contributed by atoms with van der Waals surface area (Å²) in [5, 5.41) is 6.36. The van der Waals surface area contributed by atoms with E-state index in [0.717, 1.165) is 37.7 Å². The number of anilines is 2. The van der Waals surface area contributed by atoms with Gasteiger partial charge in [-0.05, 0) is 6.42 Å². The van der Waals surface area contributed by atoms with E-state index in [4.69, 9.17) is 21.1 Å². The highest BCUT2D eigenvalue weighted by Gasteiger charge is 2.19. The number of ether oxygens (including phenoxy) is 2. The highest BCUT2D eigenvalue weighted by Crippen LogP contribution is 2.35. The maximum Gasteiger partial charge on any atom is 0.238 e. The number of nitrogens with one attached hydrogen (secondary N) is 1. The third kappa shape index (κ3) is 5.03. The number of carbonyl (C=O) groups excluding carboxylic acids is 1. The zero-order chi connectivity index (χ0) is 19.2. The van der Waals surface area contributed by atoms with Crippen LogP contribution in [0.1, 0.15) is 6.42 Å². The summed E-state index contributed by atoms with van der Waals surface area (Å²) in [5.74, 6) is 0.891. The van der Waals surface area contributed by atoms with Gasteiger partial charge in [0.05, 0.1) is 31.5 Å². The monoisotopic (exact) mass is 410 g/mol. The summed E-state index contributed by atoms with van der Waals surface area (Å²) < 4.78 is 10.5. The van der Waals surface area contributed by atoms with Crippen LogP contribution in [0, 0.1) is 0 Å². The number of benzene rings is 1. The van der Waals surface area contributed by atoms with Gasteiger partial charge in [0.15, 0.2) is 5.13 Å². The minimum absolute atomic E-state index is 0.0969. The first-order valence-electron chi connectivity index (χ1n) is 8.69. The van der Waals surface area contributed by atoms with E-state index in [9.17, 15) is 4.79 Å². The Morgan fingerprint density at radius 3 is 2.74 bits per heavy atom.